The topological polar surface area (TPSA) is 65.1 Å². The molecule has 0 amide bonds. The van der Waals surface area contributed by atoms with E-state index < -0.39 is 0 Å². The Labute approximate surface area is 95.1 Å². The van der Waals surface area contributed by atoms with Gasteiger partial charge in [-0.15, -0.1) is 0 Å². The molecule has 0 unspecified atom stereocenters. The molecule has 2 rings (SSSR count). The number of aromatic nitrogens is 1. The third-order valence-electron chi connectivity index (χ3n) is 2.63. The van der Waals surface area contributed by atoms with Gasteiger partial charge in [0.1, 0.15) is 6.07 Å². The first-order valence-electron chi connectivity index (χ1n) is 5.59. The molecular formula is C11H16N4O. The van der Waals surface area contributed by atoms with Gasteiger partial charge in [-0.05, 0) is 0 Å². The number of rotatable bonds is 2. The van der Waals surface area contributed by atoms with Crippen molar-refractivity contribution in [3.8, 4) is 6.07 Å². The van der Waals surface area contributed by atoms with Crippen LogP contribution in [0.5, 0.6) is 0 Å². The molecule has 1 aromatic heterocycles. The minimum Gasteiger partial charge on any atom is -0.423 e. The van der Waals surface area contributed by atoms with Crippen molar-refractivity contribution in [2.45, 2.75) is 19.8 Å². The van der Waals surface area contributed by atoms with Crippen LogP contribution in [0.1, 0.15) is 31.4 Å². The maximum Gasteiger partial charge on any atom is 0.234 e. The number of nitrogens with one attached hydrogen (secondary N) is 1. The average molecular weight is 220 g/mol. The molecule has 1 fully saturated rings. The highest BCUT2D eigenvalue weighted by Crippen LogP contribution is 2.25. The van der Waals surface area contributed by atoms with Crippen LogP contribution < -0.4 is 10.2 Å². The van der Waals surface area contributed by atoms with E-state index in [2.05, 4.69) is 21.3 Å². The Hall–Kier alpha value is -1.54. The Morgan fingerprint density at radius 3 is 2.69 bits per heavy atom. The number of nitriles is 1. The summed E-state index contributed by atoms with van der Waals surface area (Å²) in [4.78, 5) is 6.29. The normalized spacial score (nSPS) is 16.5. The lowest BCUT2D eigenvalue weighted by Crippen LogP contribution is -2.43. The number of oxazole rings is 1. The molecule has 16 heavy (non-hydrogen) atoms. The van der Waals surface area contributed by atoms with E-state index in [4.69, 9.17) is 9.68 Å². The number of nitrogens with zero attached hydrogens (tertiary/aromatic N) is 3. The van der Waals surface area contributed by atoms with Crippen molar-refractivity contribution in [3.63, 3.8) is 0 Å². The van der Waals surface area contributed by atoms with Crippen molar-refractivity contribution in [2.75, 3.05) is 31.1 Å². The zero-order valence-electron chi connectivity index (χ0n) is 9.66. The Morgan fingerprint density at radius 2 is 2.12 bits per heavy atom. The first-order valence-corrected chi connectivity index (χ1v) is 5.59. The van der Waals surface area contributed by atoms with E-state index in [1.54, 1.807) is 0 Å². The van der Waals surface area contributed by atoms with Crippen molar-refractivity contribution >= 4 is 5.88 Å². The highest BCUT2D eigenvalue weighted by atomic mass is 16.4. The minimum atomic E-state index is 0.212. The number of hydrogen-bond acceptors (Lipinski definition) is 5. The molecular weight excluding hydrogens is 204 g/mol. The molecule has 5 nitrogen and oxygen atoms in total. The summed E-state index contributed by atoms with van der Waals surface area (Å²) in [5.74, 6) is 1.49. The van der Waals surface area contributed by atoms with Crippen molar-refractivity contribution < 1.29 is 4.42 Å². The maximum atomic E-state index is 9.03. The molecule has 1 aliphatic heterocycles. The van der Waals surface area contributed by atoms with Crippen LogP contribution in [0.2, 0.25) is 0 Å². The quantitative estimate of drug-likeness (QED) is 0.808. The molecule has 0 radical (unpaired) electrons. The third-order valence-corrected chi connectivity index (χ3v) is 2.63. The summed E-state index contributed by atoms with van der Waals surface area (Å²) in [5.41, 5.74) is 0.408. The fourth-order valence-corrected chi connectivity index (χ4v) is 1.73. The summed E-state index contributed by atoms with van der Waals surface area (Å²) in [6, 6.07) is 2.10. The molecule has 0 aromatic carbocycles. The van der Waals surface area contributed by atoms with E-state index >= 15 is 0 Å². The van der Waals surface area contributed by atoms with Gasteiger partial charge in [0.05, 0.1) is 0 Å². The van der Waals surface area contributed by atoms with Crippen LogP contribution in [-0.2, 0) is 0 Å². The van der Waals surface area contributed by atoms with Crippen LogP contribution in [0.25, 0.3) is 0 Å². The number of anilines is 1. The monoisotopic (exact) mass is 220 g/mol. The number of hydrogen-bond donors (Lipinski definition) is 1. The van der Waals surface area contributed by atoms with Crippen molar-refractivity contribution in [1.82, 2.24) is 10.3 Å². The highest BCUT2D eigenvalue weighted by molar-refractivity contribution is 5.48. The van der Waals surface area contributed by atoms with Gasteiger partial charge in [-0.2, -0.15) is 5.26 Å². The first-order chi connectivity index (χ1) is 7.72. The molecule has 2 heterocycles. The molecule has 1 aromatic rings. The number of piperazine rings is 1. The van der Waals surface area contributed by atoms with Gasteiger partial charge in [0.25, 0.3) is 0 Å². The second-order valence-electron chi connectivity index (χ2n) is 4.21. The predicted octanol–water partition coefficient (Wildman–Crippen LogP) is 1.08. The molecule has 0 atom stereocenters. The Bertz CT molecular complexity index is 399. The second-order valence-corrected chi connectivity index (χ2v) is 4.21. The lowest BCUT2D eigenvalue weighted by Gasteiger charge is -2.26. The van der Waals surface area contributed by atoms with Crippen molar-refractivity contribution in [3.05, 3.63) is 11.6 Å². The molecule has 5 heteroatoms. The van der Waals surface area contributed by atoms with Gasteiger partial charge in [0.15, 0.2) is 0 Å². The van der Waals surface area contributed by atoms with Crippen LogP contribution in [0, 0.1) is 11.3 Å². The standard InChI is InChI=1S/C11H16N4O/c1-8(2)10-14-9(7-12)11(16-10)15-5-3-13-4-6-15/h8,13H,3-6H2,1-2H3. The van der Waals surface area contributed by atoms with Crippen LogP contribution in [-0.4, -0.2) is 31.2 Å². The molecule has 0 aliphatic carbocycles. The Morgan fingerprint density at radius 1 is 1.44 bits per heavy atom. The largest absolute Gasteiger partial charge is 0.423 e. The highest BCUT2D eigenvalue weighted by Gasteiger charge is 2.21. The van der Waals surface area contributed by atoms with Crippen LogP contribution in [0.15, 0.2) is 4.42 Å². The maximum absolute atomic E-state index is 9.03. The summed E-state index contributed by atoms with van der Waals surface area (Å²) in [6.45, 7) is 7.58. The lowest BCUT2D eigenvalue weighted by atomic mass is 10.2. The summed E-state index contributed by atoms with van der Waals surface area (Å²) in [6.07, 6.45) is 0. The fourth-order valence-electron chi connectivity index (χ4n) is 1.73. The molecule has 1 saturated heterocycles. The van der Waals surface area contributed by atoms with Crippen LogP contribution in [0.3, 0.4) is 0 Å². The molecule has 0 bridgehead atoms. The van der Waals surface area contributed by atoms with Gasteiger partial charge < -0.3 is 14.6 Å². The third kappa shape index (κ3) is 2.02. The summed E-state index contributed by atoms with van der Waals surface area (Å²) in [7, 11) is 0. The Balaban J connectivity index is 2.28. The van der Waals surface area contributed by atoms with Gasteiger partial charge in [-0.3, -0.25) is 0 Å². The predicted molar refractivity (Wildman–Crippen MR) is 60.4 cm³/mol. The van der Waals surface area contributed by atoms with Crippen molar-refractivity contribution in [2.24, 2.45) is 0 Å². The smallest absolute Gasteiger partial charge is 0.234 e. The van der Waals surface area contributed by atoms with Gasteiger partial charge in [0, 0.05) is 32.1 Å². The van der Waals surface area contributed by atoms with E-state index in [9.17, 15) is 0 Å². The van der Waals surface area contributed by atoms with Gasteiger partial charge >= 0.3 is 0 Å². The molecule has 0 spiro atoms. The van der Waals surface area contributed by atoms with E-state index in [-0.39, 0.29) is 5.92 Å². The zero-order valence-corrected chi connectivity index (χ0v) is 9.66. The first kappa shape index (κ1) is 11.0. The molecule has 1 aliphatic rings. The van der Waals surface area contributed by atoms with E-state index in [0.717, 1.165) is 26.2 Å². The fraction of sp³-hybridized carbons (Fsp3) is 0.636. The average Bonchev–Trinajstić information content (AvgIpc) is 2.74. The second kappa shape index (κ2) is 4.54. The zero-order chi connectivity index (χ0) is 11.5. The molecule has 1 N–H and O–H groups in total. The summed E-state index contributed by atoms with van der Waals surface area (Å²) in [5, 5.41) is 12.3. The molecule has 86 valence electrons. The Kier molecular flexibility index (Phi) is 3.11. The SMILES string of the molecule is CC(C)c1nc(C#N)c(N2CCNCC2)o1. The van der Waals surface area contributed by atoms with Crippen LogP contribution in [0.4, 0.5) is 5.88 Å². The van der Waals surface area contributed by atoms with E-state index in [1.165, 1.54) is 0 Å². The lowest BCUT2D eigenvalue weighted by molar-refractivity contribution is 0.451. The van der Waals surface area contributed by atoms with E-state index in [0.29, 0.717) is 17.5 Å². The van der Waals surface area contributed by atoms with Crippen molar-refractivity contribution in [1.29, 1.82) is 5.26 Å². The van der Waals surface area contributed by atoms with Gasteiger partial charge in [-0.25, -0.2) is 4.98 Å². The summed E-state index contributed by atoms with van der Waals surface area (Å²) >= 11 is 0. The van der Waals surface area contributed by atoms with E-state index in [1.807, 2.05) is 13.8 Å². The molecule has 0 saturated carbocycles. The summed E-state index contributed by atoms with van der Waals surface area (Å²) < 4.78 is 5.67. The minimum absolute atomic E-state index is 0.212. The van der Waals surface area contributed by atoms with Gasteiger partial charge in [0.2, 0.25) is 17.5 Å². The van der Waals surface area contributed by atoms with Gasteiger partial charge in [-0.1, -0.05) is 13.8 Å². The van der Waals surface area contributed by atoms with Crippen LogP contribution >= 0.6 is 0 Å².